The summed E-state index contributed by atoms with van der Waals surface area (Å²) in [4.78, 5) is 2.65. The minimum absolute atomic E-state index is 0.172. The third-order valence-electron chi connectivity index (χ3n) is 18.1. The summed E-state index contributed by atoms with van der Waals surface area (Å²) in [7, 11) is 0. The highest BCUT2D eigenvalue weighted by Gasteiger charge is 2.44. The van der Waals surface area contributed by atoms with Crippen LogP contribution >= 0.6 is 0 Å². The third kappa shape index (κ3) is 8.27. The standard InChI is InChI=1S/C80H62BN3O/c1-5-6-25-56-44-65-61-36-21-24-39-74(61)85-75(65)50-62(56)76-72(83-69-37-22-19-34-59(69)60-35-20-23-38-70(60)83)43-41-66-78(76)82-68-48-58(80(2,3)4)49-73-77(68)81(66)67-47-55(51-26-11-7-12-27-51)40-42-71(67)84(73)79-63(53-30-15-9-16-31-53)45-57(52-28-13-8-14-29-52)46-64(79)54-32-17-10-18-33-54/h7-24,26-50,82H,5-6,25H2,1-4H3. The Bertz CT molecular complexity index is 4820. The van der Waals surface area contributed by atoms with Gasteiger partial charge in [-0.1, -0.05) is 228 Å². The number of furan rings is 1. The van der Waals surface area contributed by atoms with Gasteiger partial charge in [-0.25, -0.2) is 0 Å². The number of nitrogens with zero attached hydrogens (tertiary/aromatic N) is 2. The first-order valence-electron chi connectivity index (χ1n) is 30.2. The average Bonchev–Trinajstić information content (AvgIpc) is 0.960. The zero-order valence-corrected chi connectivity index (χ0v) is 48.3. The van der Waals surface area contributed by atoms with Crippen LogP contribution in [0, 0.1) is 0 Å². The zero-order valence-electron chi connectivity index (χ0n) is 48.3. The van der Waals surface area contributed by atoms with Crippen LogP contribution in [0.4, 0.5) is 28.4 Å². The molecule has 0 spiro atoms. The van der Waals surface area contributed by atoms with Crippen molar-refractivity contribution >= 4 is 95.3 Å². The lowest BCUT2D eigenvalue weighted by Gasteiger charge is -2.43. The van der Waals surface area contributed by atoms with Gasteiger partial charge < -0.3 is 19.2 Å². The van der Waals surface area contributed by atoms with Crippen LogP contribution in [0.25, 0.3) is 105 Å². The van der Waals surface area contributed by atoms with Gasteiger partial charge in [0.25, 0.3) is 6.71 Å². The Labute approximate surface area is 497 Å². The quantitative estimate of drug-likeness (QED) is 0.139. The zero-order chi connectivity index (χ0) is 56.9. The lowest BCUT2D eigenvalue weighted by molar-refractivity contribution is 0.591. The van der Waals surface area contributed by atoms with E-state index in [-0.39, 0.29) is 12.1 Å². The molecular weight excluding hydrogens is 1030 g/mol. The van der Waals surface area contributed by atoms with Crippen molar-refractivity contribution in [3.8, 4) is 61.3 Å². The van der Waals surface area contributed by atoms with Gasteiger partial charge in [0.1, 0.15) is 11.2 Å². The van der Waals surface area contributed by atoms with Crippen molar-refractivity contribution in [2.45, 2.75) is 52.4 Å². The van der Waals surface area contributed by atoms with Gasteiger partial charge in [-0.15, -0.1) is 0 Å². The summed E-state index contributed by atoms with van der Waals surface area (Å²) in [5, 5.41) is 9.18. The van der Waals surface area contributed by atoms with Crippen molar-refractivity contribution in [2.24, 2.45) is 0 Å². The molecule has 0 radical (unpaired) electrons. The highest BCUT2D eigenvalue weighted by Crippen LogP contribution is 2.53. The van der Waals surface area contributed by atoms with E-state index in [1.807, 2.05) is 0 Å². The van der Waals surface area contributed by atoms with E-state index in [9.17, 15) is 0 Å². The van der Waals surface area contributed by atoms with Gasteiger partial charge in [0.05, 0.1) is 22.4 Å². The molecule has 85 heavy (non-hydrogen) atoms. The maximum Gasteiger partial charge on any atom is 0.252 e. The van der Waals surface area contributed by atoms with Gasteiger partial charge in [0, 0.05) is 61.0 Å². The van der Waals surface area contributed by atoms with E-state index in [4.69, 9.17) is 4.42 Å². The average molecular weight is 1090 g/mol. The number of anilines is 5. The van der Waals surface area contributed by atoms with E-state index in [1.54, 1.807) is 0 Å². The molecule has 4 heterocycles. The number of hydrogen-bond donors (Lipinski definition) is 1. The first kappa shape index (κ1) is 50.6. The van der Waals surface area contributed by atoms with Crippen LogP contribution in [-0.4, -0.2) is 11.3 Å². The fourth-order valence-electron chi connectivity index (χ4n) is 14.0. The van der Waals surface area contributed by atoms with Gasteiger partial charge in [-0.3, -0.25) is 0 Å². The molecule has 14 aromatic rings. The molecule has 0 bridgehead atoms. The number of hydrogen-bond acceptors (Lipinski definition) is 3. The molecule has 0 atom stereocenters. The predicted octanol–water partition coefficient (Wildman–Crippen LogP) is 20.0. The van der Waals surface area contributed by atoms with E-state index < -0.39 is 0 Å². The fraction of sp³-hybridized carbons (Fsp3) is 0.100. The van der Waals surface area contributed by atoms with Crippen LogP contribution in [0.2, 0.25) is 0 Å². The molecule has 16 rings (SSSR count). The molecule has 0 aliphatic carbocycles. The molecule has 4 nitrogen and oxygen atoms in total. The van der Waals surface area contributed by atoms with Gasteiger partial charge in [0.15, 0.2) is 0 Å². The first-order chi connectivity index (χ1) is 41.8. The summed E-state index contributed by atoms with van der Waals surface area (Å²) >= 11 is 0. The second kappa shape index (κ2) is 20.1. The third-order valence-corrected chi connectivity index (χ3v) is 18.1. The maximum atomic E-state index is 6.90. The number of unbranched alkanes of at least 4 members (excludes halogenated alkanes) is 1. The Hall–Kier alpha value is -10.1. The molecule has 0 unspecified atom stereocenters. The van der Waals surface area contributed by atoms with Gasteiger partial charge >= 0.3 is 0 Å². The Kier molecular flexibility index (Phi) is 12.0. The molecule has 0 fully saturated rings. The van der Waals surface area contributed by atoms with Crippen LogP contribution in [0.3, 0.4) is 0 Å². The molecule has 0 saturated heterocycles. The van der Waals surface area contributed by atoms with Crippen molar-refractivity contribution in [2.75, 3.05) is 10.2 Å². The molecule has 1 N–H and O–H groups in total. The molecule has 5 heteroatoms. The summed E-state index contributed by atoms with van der Waals surface area (Å²) < 4.78 is 9.43. The van der Waals surface area contributed by atoms with E-state index >= 15 is 0 Å². The summed E-state index contributed by atoms with van der Waals surface area (Å²) in [6, 6.07) is 97.1. The van der Waals surface area contributed by atoms with E-state index in [0.717, 1.165) is 91.9 Å². The smallest absolute Gasteiger partial charge is 0.252 e. The number of benzene rings is 12. The first-order valence-corrected chi connectivity index (χ1v) is 30.2. The Morgan fingerprint density at radius 1 is 0.435 bits per heavy atom. The van der Waals surface area contributed by atoms with Crippen LogP contribution < -0.4 is 26.6 Å². The monoisotopic (exact) mass is 1090 g/mol. The van der Waals surface area contributed by atoms with Crippen molar-refractivity contribution in [3.63, 3.8) is 0 Å². The molecule has 0 saturated carbocycles. The SMILES string of the molecule is CCCCc1cc2c(cc1-c1c(-n3c4ccccc4c4ccccc43)ccc3c1Nc1cc(C(C)(C)C)cc4c1B3c1cc(-c3ccccc3)ccc1N4c1c(-c3ccccc3)cc(-c3ccccc3)cc1-c1ccccc1)oc1ccccc12. The van der Waals surface area contributed by atoms with Crippen molar-refractivity contribution in [3.05, 3.63) is 272 Å². The molecular formula is C80H62BN3O. The summed E-state index contributed by atoms with van der Waals surface area (Å²) in [5.41, 5.74) is 28.8. The number of para-hydroxylation sites is 3. The Morgan fingerprint density at radius 3 is 1.62 bits per heavy atom. The summed E-state index contributed by atoms with van der Waals surface area (Å²) in [6.07, 6.45) is 3.05. The topological polar surface area (TPSA) is 33.3 Å². The number of fused-ring (bicyclic) bond motifs is 10. The number of aryl methyl sites for hydroxylation is 1. The minimum Gasteiger partial charge on any atom is -0.456 e. The molecule has 2 aliphatic rings. The van der Waals surface area contributed by atoms with Crippen molar-refractivity contribution in [1.82, 2.24) is 4.57 Å². The van der Waals surface area contributed by atoms with Crippen LogP contribution in [0.15, 0.2) is 265 Å². The molecule has 0 amide bonds. The highest BCUT2D eigenvalue weighted by molar-refractivity contribution is 7.00. The lowest BCUT2D eigenvalue weighted by Crippen LogP contribution is -2.60. The van der Waals surface area contributed by atoms with E-state index in [2.05, 4.69) is 303 Å². The second-order valence-electron chi connectivity index (χ2n) is 24.3. The largest absolute Gasteiger partial charge is 0.456 e. The normalized spacial score (nSPS) is 12.7. The summed E-state index contributed by atoms with van der Waals surface area (Å²) in [6.45, 7) is 9.21. The summed E-state index contributed by atoms with van der Waals surface area (Å²) in [5.74, 6) is 0. The Morgan fingerprint density at radius 2 is 1.00 bits per heavy atom. The van der Waals surface area contributed by atoms with Crippen LogP contribution in [0.5, 0.6) is 0 Å². The van der Waals surface area contributed by atoms with Crippen molar-refractivity contribution in [1.29, 1.82) is 0 Å². The predicted molar refractivity (Wildman–Crippen MR) is 362 cm³/mol. The number of rotatable bonds is 10. The van der Waals surface area contributed by atoms with Gasteiger partial charge in [0.2, 0.25) is 0 Å². The van der Waals surface area contributed by atoms with E-state index in [1.165, 1.54) is 88.4 Å². The minimum atomic E-state index is -0.221. The highest BCUT2D eigenvalue weighted by atomic mass is 16.3. The molecule has 2 aromatic heterocycles. The van der Waals surface area contributed by atoms with Gasteiger partial charge in [-0.05, 0) is 151 Å². The maximum absolute atomic E-state index is 6.90. The van der Waals surface area contributed by atoms with Crippen molar-refractivity contribution < 1.29 is 4.42 Å². The molecule has 406 valence electrons. The van der Waals surface area contributed by atoms with E-state index in [0.29, 0.717) is 0 Å². The second-order valence-corrected chi connectivity index (χ2v) is 24.3. The molecule has 12 aromatic carbocycles. The Balaban J connectivity index is 1.05. The van der Waals surface area contributed by atoms with Gasteiger partial charge in [-0.2, -0.15) is 0 Å². The molecule has 2 aliphatic heterocycles. The number of aromatic nitrogens is 1. The van der Waals surface area contributed by atoms with Crippen LogP contribution in [-0.2, 0) is 11.8 Å². The van der Waals surface area contributed by atoms with Crippen LogP contribution in [0.1, 0.15) is 51.7 Å². The fourth-order valence-corrected chi connectivity index (χ4v) is 14.0. The lowest BCUT2D eigenvalue weighted by atomic mass is 9.33. The number of nitrogens with one attached hydrogen (secondary N) is 1.